The van der Waals surface area contributed by atoms with E-state index >= 15 is 0 Å². The lowest BCUT2D eigenvalue weighted by Gasteiger charge is -2.30. The standard InChI is InChI=1S/C20H23N3O3/c1-2-17(24)12-20(18(22)23,15-9-6-10-16(21)11-15)19(25)26-13-14-7-4-3-5-8-14/h3-11H,2,12-13,21H2,1H3,(H3,22,23). The molecule has 0 aromatic heterocycles. The largest absolute Gasteiger partial charge is 0.460 e. The summed E-state index contributed by atoms with van der Waals surface area (Å²) in [6.45, 7) is 1.72. The van der Waals surface area contributed by atoms with Crippen LogP contribution < -0.4 is 11.5 Å². The van der Waals surface area contributed by atoms with Gasteiger partial charge in [-0.15, -0.1) is 0 Å². The minimum atomic E-state index is -1.68. The molecule has 0 bridgehead atoms. The van der Waals surface area contributed by atoms with Gasteiger partial charge in [0.15, 0.2) is 5.41 Å². The summed E-state index contributed by atoms with van der Waals surface area (Å²) in [5.74, 6) is -1.37. The van der Waals surface area contributed by atoms with Gasteiger partial charge < -0.3 is 16.2 Å². The number of ether oxygens (including phenoxy) is 1. The number of hydrogen-bond donors (Lipinski definition) is 3. The maximum Gasteiger partial charge on any atom is 0.325 e. The molecule has 0 radical (unpaired) electrons. The fourth-order valence-electron chi connectivity index (χ4n) is 2.72. The van der Waals surface area contributed by atoms with Crippen molar-refractivity contribution in [3.05, 3.63) is 65.7 Å². The zero-order valence-electron chi connectivity index (χ0n) is 14.7. The number of anilines is 1. The van der Waals surface area contributed by atoms with Gasteiger partial charge in [-0.1, -0.05) is 49.4 Å². The molecule has 0 saturated heterocycles. The Morgan fingerprint density at radius 1 is 1.12 bits per heavy atom. The lowest BCUT2D eigenvalue weighted by molar-refractivity contribution is -0.150. The average Bonchev–Trinajstić information content (AvgIpc) is 2.64. The number of Topliss-reactive ketones (excluding diaryl/α,β-unsaturated/α-hetero) is 1. The van der Waals surface area contributed by atoms with Crippen LogP contribution in [0.15, 0.2) is 54.6 Å². The fourth-order valence-corrected chi connectivity index (χ4v) is 2.72. The lowest BCUT2D eigenvalue weighted by atomic mass is 9.74. The van der Waals surface area contributed by atoms with Crippen LogP contribution in [0.5, 0.6) is 0 Å². The molecule has 5 N–H and O–H groups in total. The first kappa shape index (κ1) is 19.2. The first-order chi connectivity index (χ1) is 12.4. The number of carbonyl (C=O) groups excluding carboxylic acids is 2. The summed E-state index contributed by atoms with van der Waals surface area (Å²) in [5.41, 5.74) is 11.6. The number of benzene rings is 2. The predicted molar refractivity (Wildman–Crippen MR) is 101 cm³/mol. The lowest BCUT2D eigenvalue weighted by Crippen LogP contribution is -2.50. The van der Waals surface area contributed by atoms with Gasteiger partial charge in [0.1, 0.15) is 18.2 Å². The summed E-state index contributed by atoms with van der Waals surface area (Å²) >= 11 is 0. The third-order valence-corrected chi connectivity index (χ3v) is 4.26. The molecule has 0 aliphatic carbocycles. The number of hydrogen-bond acceptors (Lipinski definition) is 5. The molecule has 0 aliphatic rings. The number of rotatable bonds is 8. The molecule has 2 aromatic rings. The van der Waals surface area contributed by atoms with E-state index in [2.05, 4.69) is 0 Å². The third kappa shape index (κ3) is 4.08. The molecule has 2 aromatic carbocycles. The van der Waals surface area contributed by atoms with Gasteiger partial charge in [0.25, 0.3) is 0 Å². The topological polar surface area (TPSA) is 119 Å². The van der Waals surface area contributed by atoms with E-state index in [0.29, 0.717) is 11.3 Å². The van der Waals surface area contributed by atoms with Crippen LogP contribution in [0.4, 0.5) is 5.69 Å². The third-order valence-electron chi connectivity index (χ3n) is 4.26. The second kappa shape index (κ2) is 8.29. The molecule has 0 aliphatic heterocycles. The van der Waals surface area contributed by atoms with E-state index in [-0.39, 0.29) is 25.2 Å². The molecule has 0 amide bonds. The quantitative estimate of drug-likeness (QED) is 0.292. The van der Waals surface area contributed by atoms with Crippen LogP contribution in [0, 0.1) is 5.41 Å². The van der Waals surface area contributed by atoms with Crippen molar-refractivity contribution in [2.24, 2.45) is 5.73 Å². The maximum atomic E-state index is 13.0. The summed E-state index contributed by atoms with van der Waals surface area (Å²) < 4.78 is 5.44. The summed E-state index contributed by atoms with van der Waals surface area (Å²) in [4.78, 5) is 25.2. The molecule has 6 heteroatoms. The van der Waals surface area contributed by atoms with Crippen LogP contribution in [-0.2, 0) is 26.3 Å². The monoisotopic (exact) mass is 353 g/mol. The van der Waals surface area contributed by atoms with E-state index in [1.165, 1.54) is 0 Å². The van der Waals surface area contributed by atoms with E-state index in [1.807, 2.05) is 30.3 Å². The molecule has 6 nitrogen and oxygen atoms in total. The first-order valence-corrected chi connectivity index (χ1v) is 8.33. The average molecular weight is 353 g/mol. The van der Waals surface area contributed by atoms with E-state index in [0.717, 1.165) is 5.56 Å². The molecule has 0 fully saturated rings. The first-order valence-electron chi connectivity index (χ1n) is 8.33. The molecule has 136 valence electrons. The molecule has 0 saturated carbocycles. The van der Waals surface area contributed by atoms with Crippen molar-refractivity contribution in [1.29, 1.82) is 5.41 Å². The number of nitrogen functional groups attached to an aromatic ring is 1. The van der Waals surface area contributed by atoms with Crippen molar-refractivity contribution >= 4 is 23.3 Å². The van der Waals surface area contributed by atoms with E-state index in [9.17, 15) is 9.59 Å². The summed E-state index contributed by atoms with van der Waals surface area (Å²) in [5, 5.41) is 8.07. The molecule has 26 heavy (non-hydrogen) atoms. The minimum absolute atomic E-state index is 0.0251. The Morgan fingerprint density at radius 3 is 2.38 bits per heavy atom. The Bertz CT molecular complexity index is 805. The van der Waals surface area contributed by atoms with Gasteiger partial charge in [-0.3, -0.25) is 15.0 Å². The maximum absolute atomic E-state index is 13.0. The van der Waals surface area contributed by atoms with Crippen molar-refractivity contribution in [2.45, 2.75) is 31.8 Å². The zero-order valence-corrected chi connectivity index (χ0v) is 14.7. The van der Waals surface area contributed by atoms with Gasteiger partial charge in [-0.25, -0.2) is 0 Å². The fraction of sp³-hybridized carbons (Fsp3) is 0.250. The second-order valence-electron chi connectivity index (χ2n) is 6.08. The number of nitrogens with one attached hydrogen (secondary N) is 1. The van der Waals surface area contributed by atoms with Crippen molar-refractivity contribution < 1.29 is 14.3 Å². The highest BCUT2D eigenvalue weighted by atomic mass is 16.5. The van der Waals surface area contributed by atoms with Gasteiger partial charge in [0.2, 0.25) is 0 Å². The van der Waals surface area contributed by atoms with Gasteiger partial charge in [-0.05, 0) is 23.3 Å². The zero-order chi connectivity index (χ0) is 19.2. The van der Waals surface area contributed by atoms with Gasteiger partial charge >= 0.3 is 5.97 Å². The van der Waals surface area contributed by atoms with Gasteiger partial charge in [-0.2, -0.15) is 0 Å². The highest BCUT2D eigenvalue weighted by molar-refractivity contribution is 6.12. The number of amidine groups is 1. The highest BCUT2D eigenvalue weighted by Crippen LogP contribution is 2.32. The Morgan fingerprint density at radius 2 is 1.81 bits per heavy atom. The van der Waals surface area contributed by atoms with E-state index in [1.54, 1.807) is 31.2 Å². The number of esters is 1. The molecular formula is C20H23N3O3. The summed E-state index contributed by atoms with van der Waals surface area (Å²) in [6.07, 6.45) is -0.0147. The highest BCUT2D eigenvalue weighted by Gasteiger charge is 2.47. The van der Waals surface area contributed by atoms with Crippen LogP contribution in [0.2, 0.25) is 0 Å². The van der Waals surface area contributed by atoms with Gasteiger partial charge in [0, 0.05) is 18.5 Å². The Labute approximate surface area is 152 Å². The second-order valence-corrected chi connectivity index (χ2v) is 6.08. The number of nitrogens with two attached hydrogens (primary N) is 2. The smallest absolute Gasteiger partial charge is 0.325 e. The number of carbonyl (C=O) groups is 2. The SMILES string of the molecule is CCC(=O)CC(C(=N)N)(C(=O)OCc1ccccc1)c1cccc(N)c1. The molecule has 1 unspecified atom stereocenters. The molecule has 0 spiro atoms. The van der Waals surface area contributed by atoms with Crippen molar-refractivity contribution in [3.8, 4) is 0 Å². The van der Waals surface area contributed by atoms with Crippen molar-refractivity contribution in [2.75, 3.05) is 5.73 Å². The molecule has 0 heterocycles. The summed E-state index contributed by atoms with van der Waals surface area (Å²) in [7, 11) is 0. The molecule has 1 atom stereocenters. The Hall–Kier alpha value is -3.15. The molecule has 2 rings (SSSR count). The van der Waals surface area contributed by atoms with E-state index < -0.39 is 17.2 Å². The Kier molecular flexibility index (Phi) is 6.11. The van der Waals surface area contributed by atoms with E-state index in [4.69, 9.17) is 21.6 Å². The van der Waals surface area contributed by atoms with Crippen LogP contribution in [0.3, 0.4) is 0 Å². The van der Waals surface area contributed by atoms with Crippen molar-refractivity contribution in [1.82, 2.24) is 0 Å². The van der Waals surface area contributed by atoms with Crippen LogP contribution in [0.1, 0.15) is 30.9 Å². The van der Waals surface area contributed by atoms with Gasteiger partial charge in [0.05, 0.1) is 0 Å². The molecular weight excluding hydrogens is 330 g/mol. The van der Waals surface area contributed by atoms with Crippen LogP contribution >= 0.6 is 0 Å². The van der Waals surface area contributed by atoms with Crippen LogP contribution in [0.25, 0.3) is 0 Å². The van der Waals surface area contributed by atoms with Crippen molar-refractivity contribution in [3.63, 3.8) is 0 Å². The summed E-state index contributed by atoms with van der Waals surface area (Å²) in [6, 6.07) is 15.7. The van der Waals surface area contributed by atoms with Crippen LogP contribution in [-0.4, -0.2) is 17.6 Å². The normalized spacial score (nSPS) is 12.8. The predicted octanol–water partition coefficient (Wildman–Crippen LogP) is 2.56. The minimum Gasteiger partial charge on any atom is -0.460 e. The number of ketones is 1. The Balaban J connectivity index is 2.42.